The number of para-hydroxylation sites is 1. The van der Waals surface area contributed by atoms with Crippen molar-refractivity contribution in [1.82, 2.24) is 0 Å². The lowest BCUT2D eigenvalue weighted by Gasteiger charge is -2.14. The quantitative estimate of drug-likeness (QED) is 0.732. The highest BCUT2D eigenvalue weighted by molar-refractivity contribution is 6.33. The lowest BCUT2D eigenvalue weighted by Crippen LogP contribution is -2.03. The first kappa shape index (κ1) is 16.8. The molecule has 0 saturated heterocycles. The van der Waals surface area contributed by atoms with Crippen LogP contribution in [-0.4, -0.2) is 13.7 Å². The smallest absolute Gasteiger partial charge is 0.179 e. The van der Waals surface area contributed by atoms with E-state index in [9.17, 15) is 0 Å². The molecule has 0 spiro atoms. The van der Waals surface area contributed by atoms with Gasteiger partial charge in [0.2, 0.25) is 0 Å². The molecule has 0 bridgehead atoms. The van der Waals surface area contributed by atoms with E-state index >= 15 is 0 Å². The van der Waals surface area contributed by atoms with Gasteiger partial charge in [-0.3, -0.25) is 0 Å². The van der Waals surface area contributed by atoms with E-state index in [-0.39, 0.29) is 0 Å². The minimum absolute atomic E-state index is 0.545. The van der Waals surface area contributed by atoms with Crippen LogP contribution in [-0.2, 0) is 6.54 Å². The largest absolute Gasteiger partial charge is 0.493 e. The van der Waals surface area contributed by atoms with Gasteiger partial charge in [0, 0.05) is 6.54 Å². The Balaban J connectivity index is 2.15. The number of rotatable bonds is 7. The van der Waals surface area contributed by atoms with Gasteiger partial charge in [0.15, 0.2) is 11.5 Å². The maximum Gasteiger partial charge on any atom is 0.179 e. The molecule has 0 fully saturated rings. The summed E-state index contributed by atoms with van der Waals surface area (Å²) in [5.41, 5.74) is 1.87. The van der Waals surface area contributed by atoms with Crippen LogP contribution in [0.1, 0.15) is 18.9 Å². The zero-order valence-electron chi connectivity index (χ0n) is 12.7. The normalized spacial score (nSPS) is 10.4. The molecule has 0 amide bonds. The van der Waals surface area contributed by atoms with Gasteiger partial charge in [0.05, 0.1) is 29.4 Å². The van der Waals surface area contributed by atoms with E-state index in [0.717, 1.165) is 17.7 Å². The van der Waals surface area contributed by atoms with Crippen molar-refractivity contribution in [2.45, 2.75) is 19.9 Å². The fourth-order valence-corrected chi connectivity index (χ4v) is 2.51. The van der Waals surface area contributed by atoms with E-state index in [0.29, 0.717) is 34.7 Å². The summed E-state index contributed by atoms with van der Waals surface area (Å²) in [6.45, 7) is 3.24. The van der Waals surface area contributed by atoms with E-state index in [1.807, 2.05) is 43.3 Å². The number of nitrogens with one attached hydrogen (secondary N) is 1. The fraction of sp³-hybridized carbons (Fsp3) is 0.294. The SMILES string of the molecule is CCCOc1c(Cl)cc(CNc2ccccc2Cl)cc1OC. The maximum atomic E-state index is 6.30. The number of ether oxygens (including phenoxy) is 2. The molecule has 0 radical (unpaired) electrons. The monoisotopic (exact) mass is 339 g/mol. The van der Waals surface area contributed by atoms with Crippen molar-refractivity contribution in [2.24, 2.45) is 0 Å². The third-order valence-corrected chi connectivity index (χ3v) is 3.71. The Kier molecular flexibility index (Phi) is 6.22. The Labute approximate surface area is 141 Å². The summed E-state index contributed by atoms with van der Waals surface area (Å²) in [6.07, 6.45) is 0.912. The van der Waals surface area contributed by atoms with Gasteiger partial charge in [-0.15, -0.1) is 0 Å². The molecule has 0 aliphatic carbocycles. The number of hydrogen-bond acceptors (Lipinski definition) is 3. The van der Waals surface area contributed by atoms with Gasteiger partial charge in [-0.2, -0.15) is 0 Å². The van der Waals surface area contributed by atoms with Crippen molar-refractivity contribution < 1.29 is 9.47 Å². The first-order valence-electron chi connectivity index (χ1n) is 7.13. The highest BCUT2D eigenvalue weighted by Crippen LogP contribution is 2.36. The first-order valence-corrected chi connectivity index (χ1v) is 7.89. The number of benzene rings is 2. The van der Waals surface area contributed by atoms with E-state index in [4.69, 9.17) is 32.7 Å². The number of methoxy groups -OCH3 is 1. The van der Waals surface area contributed by atoms with Gasteiger partial charge >= 0.3 is 0 Å². The molecule has 1 N–H and O–H groups in total. The van der Waals surface area contributed by atoms with Crippen molar-refractivity contribution in [3.8, 4) is 11.5 Å². The van der Waals surface area contributed by atoms with Gasteiger partial charge < -0.3 is 14.8 Å². The van der Waals surface area contributed by atoms with E-state index in [1.54, 1.807) is 7.11 Å². The Morgan fingerprint density at radius 3 is 2.55 bits per heavy atom. The lowest BCUT2D eigenvalue weighted by atomic mass is 10.2. The van der Waals surface area contributed by atoms with Crippen molar-refractivity contribution in [3.63, 3.8) is 0 Å². The molecule has 0 unspecified atom stereocenters. The average molecular weight is 340 g/mol. The minimum atomic E-state index is 0.545. The molecule has 22 heavy (non-hydrogen) atoms. The predicted octanol–water partition coefficient (Wildman–Crippen LogP) is 5.40. The Morgan fingerprint density at radius 2 is 1.86 bits per heavy atom. The minimum Gasteiger partial charge on any atom is -0.493 e. The average Bonchev–Trinajstić information content (AvgIpc) is 2.52. The van der Waals surface area contributed by atoms with Crippen molar-refractivity contribution in [3.05, 3.63) is 52.0 Å². The Bertz CT molecular complexity index is 632. The maximum absolute atomic E-state index is 6.30. The molecule has 0 aliphatic heterocycles. The molecule has 0 aromatic heterocycles. The van der Waals surface area contributed by atoms with Gasteiger partial charge in [-0.1, -0.05) is 42.3 Å². The number of hydrogen-bond donors (Lipinski definition) is 1. The zero-order valence-corrected chi connectivity index (χ0v) is 14.2. The van der Waals surface area contributed by atoms with Crippen LogP contribution in [0.15, 0.2) is 36.4 Å². The number of anilines is 1. The second kappa shape index (κ2) is 8.16. The van der Waals surface area contributed by atoms with Crippen LogP contribution in [0.2, 0.25) is 10.0 Å². The van der Waals surface area contributed by atoms with Crippen LogP contribution in [0.4, 0.5) is 5.69 Å². The van der Waals surface area contributed by atoms with Crippen molar-refractivity contribution >= 4 is 28.9 Å². The van der Waals surface area contributed by atoms with Gasteiger partial charge in [-0.05, 0) is 36.2 Å². The molecule has 5 heteroatoms. The third kappa shape index (κ3) is 4.21. The van der Waals surface area contributed by atoms with Crippen molar-refractivity contribution in [1.29, 1.82) is 0 Å². The van der Waals surface area contributed by atoms with Crippen LogP contribution < -0.4 is 14.8 Å². The summed E-state index contributed by atoms with van der Waals surface area (Å²) in [4.78, 5) is 0. The summed E-state index contributed by atoms with van der Waals surface area (Å²) in [7, 11) is 1.61. The van der Waals surface area contributed by atoms with Crippen LogP contribution in [0.5, 0.6) is 11.5 Å². The van der Waals surface area contributed by atoms with E-state index < -0.39 is 0 Å². The Morgan fingerprint density at radius 1 is 1.09 bits per heavy atom. The Hall–Kier alpha value is -1.58. The molecule has 0 saturated carbocycles. The van der Waals surface area contributed by atoms with Crippen LogP contribution >= 0.6 is 23.2 Å². The molecular formula is C17H19Cl2NO2. The third-order valence-electron chi connectivity index (χ3n) is 3.10. The van der Waals surface area contributed by atoms with E-state index in [1.165, 1.54) is 0 Å². The summed E-state index contributed by atoms with van der Waals surface area (Å²) < 4.78 is 11.0. The van der Waals surface area contributed by atoms with Crippen LogP contribution in [0, 0.1) is 0 Å². The second-order valence-corrected chi connectivity index (χ2v) is 5.61. The molecule has 0 atom stereocenters. The topological polar surface area (TPSA) is 30.5 Å². The first-order chi connectivity index (χ1) is 10.7. The molecule has 2 aromatic rings. The zero-order chi connectivity index (χ0) is 15.9. The summed E-state index contributed by atoms with van der Waals surface area (Å²) in [5.74, 6) is 1.23. The molecule has 0 heterocycles. The molecule has 118 valence electrons. The van der Waals surface area contributed by atoms with Crippen LogP contribution in [0.3, 0.4) is 0 Å². The summed E-state index contributed by atoms with van der Waals surface area (Å²) >= 11 is 12.4. The lowest BCUT2D eigenvalue weighted by molar-refractivity contribution is 0.294. The standard InChI is InChI=1S/C17H19Cl2NO2/c1-3-8-22-17-14(19)9-12(10-16(17)21-2)11-20-15-7-5-4-6-13(15)18/h4-7,9-10,20H,3,8,11H2,1-2H3. The van der Waals surface area contributed by atoms with Crippen LogP contribution in [0.25, 0.3) is 0 Å². The predicted molar refractivity (Wildman–Crippen MR) is 92.6 cm³/mol. The molecule has 3 nitrogen and oxygen atoms in total. The highest BCUT2D eigenvalue weighted by Gasteiger charge is 2.12. The van der Waals surface area contributed by atoms with Gasteiger partial charge in [0.25, 0.3) is 0 Å². The van der Waals surface area contributed by atoms with Gasteiger partial charge in [0.1, 0.15) is 0 Å². The second-order valence-electron chi connectivity index (χ2n) is 4.79. The highest BCUT2D eigenvalue weighted by atomic mass is 35.5. The molecule has 2 rings (SSSR count). The molecular weight excluding hydrogens is 321 g/mol. The fourth-order valence-electron chi connectivity index (χ4n) is 2.02. The van der Waals surface area contributed by atoms with Gasteiger partial charge in [-0.25, -0.2) is 0 Å². The number of halogens is 2. The van der Waals surface area contributed by atoms with E-state index in [2.05, 4.69) is 5.32 Å². The summed E-state index contributed by atoms with van der Waals surface area (Å²) in [6, 6.07) is 11.4. The molecule has 2 aromatic carbocycles. The molecule has 0 aliphatic rings. The summed E-state index contributed by atoms with van der Waals surface area (Å²) in [5, 5.41) is 4.51. The van der Waals surface area contributed by atoms with Crippen molar-refractivity contribution in [2.75, 3.05) is 19.0 Å².